The molecule has 0 bridgehead atoms. The van der Waals surface area contributed by atoms with Gasteiger partial charge in [-0.3, -0.25) is 18.6 Å². The van der Waals surface area contributed by atoms with Crippen molar-refractivity contribution in [3.05, 3.63) is 0 Å². The highest BCUT2D eigenvalue weighted by molar-refractivity contribution is 7.47. The minimum atomic E-state index is -4.60. The second-order valence-electron chi connectivity index (χ2n) is 13.3. The third-order valence-electron chi connectivity index (χ3n) is 8.51. The lowest BCUT2D eigenvalue weighted by Gasteiger charge is -2.20. The molecule has 0 amide bonds. The average molecular weight is 709 g/mol. The molecule has 0 spiro atoms. The van der Waals surface area contributed by atoms with Gasteiger partial charge in [-0.05, 0) is 12.8 Å². The third-order valence-corrected chi connectivity index (χ3v) is 9.46. The average Bonchev–Trinajstić information content (AvgIpc) is 3.07. The first-order chi connectivity index (χ1) is 23.2. The number of phosphoric acid groups is 1. The molecule has 0 fully saturated rings. The summed E-state index contributed by atoms with van der Waals surface area (Å²) in [5.41, 5.74) is 0. The Morgan fingerprint density at radius 3 is 1.29 bits per heavy atom. The van der Waals surface area contributed by atoms with E-state index in [0.29, 0.717) is 12.8 Å². The number of hydrogen-bond acceptors (Lipinski definition) is 9. The summed E-state index contributed by atoms with van der Waals surface area (Å²) in [7, 11) is -4.60. The Kier molecular flexibility index (Phi) is 33.7. The van der Waals surface area contributed by atoms with Crippen LogP contribution in [0.2, 0.25) is 0 Å². The van der Waals surface area contributed by atoms with Crippen LogP contribution in [0.25, 0.3) is 0 Å². The van der Waals surface area contributed by atoms with Crippen molar-refractivity contribution >= 4 is 19.8 Å². The molecule has 0 aliphatic rings. The number of unbranched alkanes of at least 4 members (excludes halogenated alkanes) is 23. The molecule has 0 aromatic heterocycles. The predicted octanol–water partition coefficient (Wildman–Crippen LogP) is 9.50. The molecule has 0 saturated carbocycles. The Morgan fingerprint density at radius 2 is 0.896 bits per heavy atom. The molecule has 0 aromatic carbocycles. The summed E-state index contributed by atoms with van der Waals surface area (Å²) in [6.07, 6.45) is 28.0. The largest absolute Gasteiger partial charge is 0.472 e. The zero-order valence-electron chi connectivity index (χ0n) is 30.7. The number of ether oxygens (including phenoxy) is 2. The Hall–Kier alpha value is -1.03. The van der Waals surface area contributed by atoms with Crippen LogP contribution in [-0.4, -0.2) is 65.7 Å². The number of carbonyl (C=O) groups excluding carboxylic acids is 2. The van der Waals surface area contributed by atoms with Gasteiger partial charge in [-0.25, -0.2) is 4.57 Å². The maximum absolute atomic E-state index is 12.5. The molecule has 10 nitrogen and oxygen atoms in total. The van der Waals surface area contributed by atoms with Crippen molar-refractivity contribution in [1.82, 2.24) is 0 Å². The van der Waals surface area contributed by atoms with Gasteiger partial charge in [0.2, 0.25) is 0 Å². The van der Waals surface area contributed by atoms with E-state index in [0.717, 1.165) is 32.1 Å². The van der Waals surface area contributed by atoms with Crippen LogP contribution >= 0.6 is 7.82 Å². The van der Waals surface area contributed by atoms with Gasteiger partial charge in [-0.15, -0.1) is 0 Å². The number of hydrogen-bond donors (Lipinski definition) is 3. The quantitative estimate of drug-likeness (QED) is 0.0324. The van der Waals surface area contributed by atoms with Crippen LogP contribution < -0.4 is 0 Å². The van der Waals surface area contributed by atoms with Gasteiger partial charge in [-0.2, -0.15) is 0 Å². The zero-order chi connectivity index (χ0) is 35.6. The van der Waals surface area contributed by atoms with Crippen molar-refractivity contribution in [2.75, 3.05) is 26.4 Å². The van der Waals surface area contributed by atoms with Crippen molar-refractivity contribution in [3.63, 3.8) is 0 Å². The summed E-state index contributed by atoms with van der Waals surface area (Å²) in [5, 5.41) is 18.2. The molecule has 1 unspecified atom stereocenters. The zero-order valence-corrected chi connectivity index (χ0v) is 31.6. The molecule has 11 heteroatoms. The van der Waals surface area contributed by atoms with E-state index in [1.54, 1.807) is 0 Å². The van der Waals surface area contributed by atoms with E-state index in [1.165, 1.54) is 116 Å². The molecule has 3 atom stereocenters. The van der Waals surface area contributed by atoms with Gasteiger partial charge >= 0.3 is 19.8 Å². The molecule has 0 rings (SSSR count). The summed E-state index contributed by atoms with van der Waals surface area (Å²) >= 11 is 0. The van der Waals surface area contributed by atoms with E-state index in [4.69, 9.17) is 19.1 Å². The fraction of sp³-hybridized carbons (Fsp3) is 0.946. The van der Waals surface area contributed by atoms with E-state index >= 15 is 0 Å². The van der Waals surface area contributed by atoms with Gasteiger partial charge in [0.15, 0.2) is 6.10 Å². The lowest BCUT2D eigenvalue weighted by Crippen LogP contribution is -2.29. The molecule has 0 aliphatic heterocycles. The lowest BCUT2D eigenvalue weighted by molar-refractivity contribution is -0.161. The standard InChI is InChI=1S/C37H73O10P/c1-3-5-7-9-11-13-14-15-16-17-18-19-21-22-24-26-28-36(40)44-32-35(33-46-48(42,43)45-31-34(39)30-38)47-37(41)29-27-25-23-20-12-10-8-6-4-2/h34-35,38-39H,3-33H2,1-2H3,(H,42,43)/t34-,35+/m0/s1. The van der Waals surface area contributed by atoms with Crippen molar-refractivity contribution in [2.24, 2.45) is 0 Å². The second kappa shape index (κ2) is 34.4. The molecule has 0 radical (unpaired) electrons. The molecular formula is C37H73O10P. The third kappa shape index (κ3) is 33.5. The molecule has 0 aliphatic carbocycles. The fourth-order valence-corrected chi connectivity index (χ4v) is 6.25. The summed E-state index contributed by atoms with van der Waals surface area (Å²) in [6, 6.07) is 0. The normalized spacial score (nSPS) is 14.0. The Balaban J connectivity index is 4.25. The van der Waals surface area contributed by atoms with Crippen LogP contribution in [0.1, 0.15) is 187 Å². The SMILES string of the molecule is CCCCCCCCCCCCCCCCCCC(=O)OC[C@H](COP(=O)(O)OC[C@@H](O)CO)OC(=O)CCCCCCCCCCC. The topological polar surface area (TPSA) is 149 Å². The van der Waals surface area contributed by atoms with E-state index < -0.39 is 51.8 Å². The van der Waals surface area contributed by atoms with Gasteiger partial charge in [0.05, 0.1) is 19.8 Å². The van der Waals surface area contributed by atoms with Crippen LogP contribution in [0.3, 0.4) is 0 Å². The fourth-order valence-electron chi connectivity index (χ4n) is 5.46. The molecular weight excluding hydrogens is 635 g/mol. The summed E-state index contributed by atoms with van der Waals surface area (Å²) < 4.78 is 32.5. The van der Waals surface area contributed by atoms with E-state index in [-0.39, 0.29) is 19.4 Å². The second-order valence-corrected chi connectivity index (χ2v) is 14.8. The highest BCUT2D eigenvalue weighted by atomic mass is 31.2. The summed E-state index contributed by atoms with van der Waals surface area (Å²) in [4.78, 5) is 34.7. The first-order valence-electron chi connectivity index (χ1n) is 19.5. The number of aliphatic hydroxyl groups is 2. The number of aliphatic hydroxyl groups excluding tert-OH is 2. The maximum Gasteiger partial charge on any atom is 0.472 e. The van der Waals surface area contributed by atoms with Crippen LogP contribution in [0.15, 0.2) is 0 Å². The molecule has 48 heavy (non-hydrogen) atoms. The minimum Gasteiger partial charge on any atom is -0.462 e. The first kappa shape index (κ1) is 47.0. The molecule has 0 saturated heterocycles. The van der Waals surface area contributed by atoms with Gasteiger partial charge in [0.25, 0.3) is 0 Å². The van der Waals surface area contributed by atoms with Crippen LogP contribution in [0.4, 0.5) is 0 Å². The Morgan fingerprint density at radius 1 is 0.542 bits per heavy atom. The van der Waals surface area contributed by atoms with Crippen molar-refractivity contribution < 1.29 is 47.8 Å². The number of phosphoric ester groups is 1. The summed E-state index contributed by atoms with van der Waals surface area (Å²) in [6.45, 7) is 2.37. The van der Waals surface area contributed by atoms with E-state index in [9.17, 15) is 24.2 Å². The van der Waals surface area contributed by atoms with Crippen molar-refractivity contribution in [3.8, 4) is 0 Å². The molecule has 0 heterocycles. The van der Waals surface area contributed by atoms with Crippen LogP contribution in [0, 0.1) is 0 Å². The Bertz CT molecular complexity index is 781. The molecule has 0 aromatic rings. The number of rotatable bonds is 37. The van der Waals surface area contributed by atoms with Gasteiger partial charge in [0.1, 0.15) is 12.7 Å². The number of esters is 2. The summed E-state index contributed by atoms with van der Waals surface area (Å²) in [5.74, 6) is -0.917. The monoisotopic (exact) mass is 708 g/mol. The van der Waals surface area contributed by atoms with Gasteiger partial charge in [-0.1, -0.05) is 162 Å². The minimum absolute atomic E-state index is 0.190. The first-order valence-corrected chi connectivity index (χ1v) is 21.0. The number of carbonyl (C=O) groups is 2. The Labute approximate surface area is 293 Å². The van der Waals surface area contributed by atoms with Crippen LogP contribution in [0.5, 0.6) is 0 Å². The van der Waals surface area contributed by atoms with Crippen molar-refractivity contribution in [2.45, 2.75) is 199 Å². The van der Waals surface area contributed by atoms with E-state index in [2.05, 4.69) is 18.4 Å². The predicted molar refractivity (Wildman–Crippen MR) is 192 cm³/mol. The molecule has 3 N–H and O–H groups in total. The molecule has 286 valence electrons. The maximum atomic E-state index is 12.5. The van der Waals surface area contributed by atoms with Gasteiger partial charge in [0, 0.05) is 12.8 Å². The lowest BCUT2D eigenvalue weighted by atomic mass is 10.0. The van der Waals surface area contributed by atoms with Crippen LogP contribution in [-0.2, 0) is 32.7 Å². The highest BCUT2D eigenvalue weighted by Gasteiger charge is 2.27. The highest BCUT2D eigenvalue weighted by Crippen LogP contribution is 2.43. The van der Waals surface area contributed by atoms with E-state index in [1.807, 2.05) is 0 Å². The van der Waals surface area contributed by atoms with Crippen molar-refractivity contribution in [1.29, 1.82) is 0 Å². The van der Waals surface area contributed by atoms with Gasteiger partial charge < -0.3 is 24.6 Å². The smallest absolute Gasteiger partial charge is 0.462 e.